The van der Waals surface area contributed by atoms with Crippen LogP contribution in [0.3, 0.4) is 0 Å². The van der Waals surface area contributed by atoms with Gasteiger partial charge in [0, 0.05) is 45.8 Å². The third-order valence-corrected chi connectivity index (χ3v) is 3.97. The van der Waals surface area contributed by atoms with E-state index in [1.807, 2.05) is 0 Å². The lowest BCUT2D eigenvalue weighted by atomic mass is 9.98. The van der Waals surface area contributed by atoms with Gasteiger partial charge < -0.3 is 10.6 Å². The van der Waals surface area contributed by atoms with Crippen LogP contribution < -0.4 is 5.73 Å². The molecule has 1 atom stereocenters. The van der Waals surface area contributed by atoms with Crippen LogP contribution in [-0.4, -0.2) is 55.6 Å². The van der Waals surface area contributed by atoms with Crippen LogP contribution in [0.5, 0.6) is 0 Å². The second-order valence-corrected chi connectivity index (χ2v) is 5.35. The number of nitrogens with two attached hydrogens (primary N) is 1. The van der Waals surface area contributed by atoms with E-state index in [4.69, 9.17) is 5.73 Å². The van der Waals surface area contributed by atoms with E-state index in [-0.39, 0.29) is 0 Å². The molecule has 0 aromatic rings. The lowest BCUT2D eigenvalue weighted by Crippen LogP contribution is -2.48. The monoisotopic (exact) mass is 241 g/mol. The van der Waals surface area contributed by atoms with Crippen LogP contribution in [0.2, 0.25) is 0 Å². The van der Waals surface area contributed by atoms with Gasteiger partial charge in [0.15, 0.2) is 0 Å². The molecular formula is C14H31N3. The van der Waals surface area contributed by atoms with E-state index in [1.54, 1.807) is 0 Å². The molecule has 102 valence electrons. The van der Waals surface area contributed by atoms with Crippen molar-refractivity contribution in [3.8, 4) is 0 Å². The smallest absolute Gasteiger partial charge is 0.0110 e. The zero-order valence-corrected chi connectivity index (χ0v) is 11.8. The van der Waals surface area contributed by atoms with Crippen molar-refractivity contribution in [1.29, 1.82) is 0 Å². The summed E-state index contributed by atoms with van der Waals surface area (Å²) in [5.74, 6) is 0.913. The van der Waals surface area contributed by atoms with Crippen LogP contribution in [0, 0.1) is 5.92 Å². The Balaban J connectivity index is 2.19. The number of unbranched alkanes of at least 4 members (excludes halogenated alkanes) is 1. The first-order chi connectivity index (χ1) is 8.30. The van der Waals surface area contributed by atoms with Crippen molar-refractivity contribution in [1.82, 2.24) is 9.80 Å². The van der Waals surface area contributed by atoms with E-state index in [1.165, 1.54) is 58.4 Å². The second-order valence-electron chi connectivity index (χ2n) is 5.35. The highest BCUT2D eigenvalue weighted by molar-refractivity contribution is 4.74. The molecule has 3 heteroatoms. The molecule has 0 radical (unpaired) electrons. The minimum atomic E-state index is 0.800. The highest BCUT2D eigenvalue weighted by Crippen LogP contribution is 2.15. The zero-order valence-electron chi connectivity index (χ0n) is 11.8. The number of rotatable bonds is 8. The summed E-state index contributed by atoms with van der Waals surface area (Å²) in [6.45, 7) is 12.7. The maximum absolute atomic E-state index is 5.60. The molecule has 1 rings (SSSR count). The van der Waals surface area contributed by atoms with Crippen molar-refractivity contribution < 1.29 is 0 Å². The summed E-state index contributed by atoms with van der Waals surface area (Å²) >= 11 is 0. The summed E-state index contributed by atoms with van der Waals surface area (Å²) in [5.41, 5.74) is 5.60. The Morgan fingerprint density at radius 2 is 1.71 bits per heavy atom. The van der Waals surface area contributed by atoms with Gasteiger partial charge in [0.05, 0.1) is 0 Å². The maximum atomic E-state index is 5.60. The summed E-state index contributed by atoms with van der Waals surface area (Å²) in [4.78, 5) is 5.14. The van der Waals surface area contributed by atoms with Gasteiger partial charge >= 0.3 is 0 Å². The lowest BCUT2D eigenvalue weighted by molar-refractivity contribution is 0.117. The summed E-state index contributed by atoms with van der Waals surface area (Å²) in [7, 11) is 0. The molecule has 1 fully saturated rings. The van der Waals surface area contributed by atoms with Crippen LogP contribution >= 0.6 is 0 Å². The van der Waals surface area contributed by atoms with E-state index < -0.39 is 0 Å². The predicted octanol–water partition coefficient (Wildman–Crippen LogP) is 1.78. The molecule has 1 aliphatic heterocycles. The Bertz CT molecular complexity index is 176. The van der Waals surface area contributed by atoms with E-state index >= 15 is 0 Å². The number of hydrogen-bond acceptors (Lipinski definition) is 3. The molecule has 0 saturated carbocycles. The number of piperazine rings is 1. The Hall–Kier alpha value is -0.120. The number of hydrogen-bond donors (Lipinski definition) is 1. The molecule has 1 aliphatic rings. The number of nitrogens with zero attached hydrogens (tertiary/aromatic N) is 2. The zero-order chi connectivity index (χ0) is 12.5. The summed E-state index contributed by atoms with van der Waals surface area (Å²) < 4.78 is 0. The molecule has 0 amide bonds. The normalized spacial score (nSPS) is 20.6. The first-order valence-electron chi connectivity index (χ1n) is 7.44. The molecule has 0 spiro atoms. The van der Waals surface area contributed by atoms with Gasteiger partial charge in [-0.2, -0.15) is 0 Å². The first-order valence-corrected chi connectivity index (χ1v) is 7.44. The van der Waals surface area contributed by atoms with Crippen molar-refractivity contribution in [2.45, 2.75) is 39.5 Å². The van der Waals surface area contributed by atoms with Crippen LogP contribution in [0.25, 0.3) is 0 Å². The van der Waals surface area contributed by atoms with Crippen molar-refractivity contribution in [3.63, 3.8) is 0 Å². The van der Waals surface area contributed by atoms with Crippen molar-refractivity contribution >= 4 is 0 Å². The van der Waals surface area contributed by atoms with Crippen LogP contribution in [-0.2, 0) is 0 Å². The molecule has 1 unspecified atom stereocenters. The van der Waals surface area contributed by atoms with Gasteiger partial charge in [-0.15, -0.1) is 0 Å². The molecular weight excluding hydrogens is 210 g/mol. The Morgan fingerprint density at radius 1 is 1.06 bits per heavy atom. The van der Waals surface area contributed by atoms with Crippen LogP contribution in [0.1, 0.15) is 39.5 Å². The molecule has 1 heterocycles. The molecule has 2 N–H and O–H groups in total. The largest absolute Gasteiger partial charge is 0.329 e. The molecule has 0 aromatic carbocycles. The Morgan fingerprint density at radius 3 is 2.24 bits per heavy atom. The fourth-order valence-corrected chi connectivity index (χ4v) is 2.66. The highest BCUT2D eigenvalue weighted by atomic mass is 15.3. The minimum Gasteiger partial charge on any atom is -0.329 e. The van der Waals surface area contributed by atoms with Crippen molar-refractivity contribution in [2.24, 2.45) is 11.7 Å². The van der Waals surface area contributed by atoms with E-state index in [9.17, 15) is 0 Å². The van der Waals surface area contributed by atoms with Gasteiger partial charge in [-0.25, -0.2) is 0 Å². The molecule has 1 saturated heterocycles. The SMILES string of the molecule is CCCCC(CC)CN1CCN(CCN)CC1. The van der Waals surface area contributed by atoms with E-state index in [0.717, 1.165) is 19.0 Å². The summed E-state index contributed by atoms with van der Waals surface area (Å²) in [6.07, 6.45) is 5.48. The molecule has 0 aliphatic carbocycles. The fourth-order valence-electron chi connectivity index (χ4n) is 2.66. The fraction of sp³-hybridized carbons (Fsp3) is 1.00. The first kappa shape index (κ1) is 14.9. The standard InChI is InChI=1S/C14H31N3/c1-3-5-6-14(4-2)13-17-11-9-16(8-7-15)10-12-17/h14H,3-13,15H2,1-2H3. The van der Waals surface area contributed by atoms with Gasteiger partial charge in [0.2, 0.25) is 0 Å². The third kappa shape index (κ3) is 5.84. The molecule has 3 nitrogen and oxygen atoms in total. The van der Waals surface area contributed by atoms with Gasteiger partial charge in [-0.05, 0) is 12.3 Å². The van der Waals surface area contributed by atoms with Gasteiger partial charge in [0.25, 0.3) is 0 Å². The van der Waals surface area contributed by atoms with Crippen LogP contribution in [0.15, 0.2) is 0 Å². The quantitative estimate of drug-likeness (QED) is 0.703. The van der Waals surface area contributed by atoms with E-state index in [2.05, 4.69) is 23.6 Å². The average molecular weight is 241 g/mol. The van der Waals surface area contributed by atoms with Gasteiger partial charge in [-0.1, -0.05) is 33.1 Å². The van der Waals surface area contributed by atoms with E-state index in [0.29, 0.717) is 0 Å². The predicted molar refractivity (Wildman–Crippen MR) is 75.2 cm³/mol. The summed E-state index contributed by atoms with van der Waals surface area (Å²) in [5, 5.41) is 0. The molecule has 17 heavy (non-hydrogen) atoms. The van der Waals surface area contributed by atoms with Gasteiger partial charge in [0.1, 0.15) is 0 Å². The Labute approximate surface area is 107 Å². The van der Waals surface area contributed by atoms with Crippen molar-refractivity contribution in [3.05, 3.63) is 0 Å². The Kier molecular flexibility index (Phi) is 7.82. The highest BCUT2D eigenvalue weighted by Gasteiger charge is 2.18. The minimum absolute atomic E-state index is 0.800. The molecule has 0 bridgehead atoms. The maximum Gasteiger partial charge on any atom is 0.0110 e. The average Bonchev–Trinajstić information content (AvgIpc) is 2.37. The summed E-state index contributed by atoms with van der Waals surface area (Å²) in [6, 6.07) is 0. The topological polar surface area (TPSA) is 32.5 Å². The lowest BCUT2D eigenvalue weighted by Gasteiger charge is -2.36. The molecule has 0 aromatic heterocycles. The van der Waals surface area contributed by atoms with Crippen molar-refractivity contribution in [2.75, 3.05) is 45.8 Å². The van der Waals surface area contributed by atoms with Crippen LogP contribution in [0.4, 0.5) is 0 Å². The third-order valence-electron chi connectivity index (χ3n) is 3.97. The van der Waals surface area contributed by atoms with Gasteiger partial charge in [-0.3, -0.25) is 4.90 Å². The second kappa shape index (κ2) is 8.90.